The van der Waals surface area contributed by atoms with Crippen molar-refractivity contribution in [3.8, 4) is 0 Å². The average Bonchev–Trinajstić information content (AvgIpc) is 3.37. The van der Waals surface area contributed by atoms with Gasteiger partial charge in [-0.05, 0) is 25.3 Å². The first-order chi connectivity index (χ1) is 12.3. The van der Waals surface area contributed by atoms with E-state index in [0.29, 0.717) is 5.56 Å². The van der Waals surface area contributed by atoms with Crippen LogP contribution in [-0.2, 0) is 23.8 Å². The smallest absolute Gasteiger partial charge is 0.341 e. The summed E-state index contributed by atoms with van der Waals surface area (Å²) in [7, 11) is 1.46. The SMILES string of the molecule is COCCOC(=O)c1c(NC(=O)COC(=O)C2CC2)sc(C(N)=O)c1C. The number of amides is 2. The highest BCUT2D eigenvalue weighted by atomic mass is 32.1. The number of esters is 2. The molecule has 3 N–H and O–H groups in total. The highest BCUT2D eigenvalue weighted by Crippen LogP contribution is 2.33. The number of rotatable bonds is 9. The molecule has 1 fully saturated rings. The van der Waals surface area contributed by atoms with Crippen LogP contribution < -0.4 is 11.1 Å². The van der Waals surface area contributed by atoms with Crippen LogP contribution in [0.5, 0.6) is 0 Å². The third kappa shape index (κ3) is 5.02. The Morgan fingerprint density at radius 2 is 1.88 bits per heavy atom. The predicted molar refractivity (Wildman–Crippen MR) is 92.0 cm³/mol. The maximum Gasteiger partial charge on any atom is 0.341 e. The minimum Gasteiger partial charge on any atom is -0.460 e. The van der Waals surface area contributed by atoms with Gasteiger partial charge in [0.15, 0.2) is 6.61 Å². The summed E-state index contributed by atoms with van der Waals surface area (Å²) in [5, 5.41) is 2.59. The van der Waals surface area contributed by atoms with Crippen LogP contribution in [-0.4, -0.2) is 50.7 Å². The number of carbonyl (C=O) groups excluding carboxylic acids is 4. The minimum absolute atomic E-state index is 0.0168. The van der Waals surface area contributed by atoms with Crippen LogP contribution in [0.4, 0.5) is 5.00 Å². The normalized spacial score (nSPS) is 13.2. The van der Waals surface area contributed by atoms with E-state index >= 15 is 0 Å². The molecule has 0 aliphatic heterocycles. The molecule has 10 heteroatoms. The first-order valence-electron chi connectivity index (χ1n) is 7.90. The lowest BCUT2D eigenvalue weighted by Crippen LogP contribution is -2.22. The van der Waals surface area contributed by atoms with Crippen molar-refractivity contribution in [1.82, 2.24) is 0 Å². The van der Waals surface area contributed by atoms with Gasteiger partial charge in [0.05, 0.1) is 23.0 Å². The lowest BCUT2D eigenvalue weighted by atomic mass is 10.1. The van der Waals surface area contributed by atoms with E-state index < -0.39 is 30.4 Å². The summed E-state index contributed by atoms with van der Waals surface area (Å²) in [5.41, 5.74) is 5.66. The second kappa shape index (κ2) is 8.77. The second-order valence-corrected chi connectivity index (χ2v) is 6.70. The molecular formula is C16H20N2O7S. The van der Waals surface area contributed by atoms with Gasteiger partial charge >= 0.3 is 11.9 Å². The minimum atomic E-state index is -0.723. The molecule has 26 heavy (non-hydrogen) atoms. The Morgan fingerprint density at radius 3 is 2.46 bits per heavy atom. The molecule has 2 rings (SSSR count). The van der Waals surface area contributed by atoms with E-state index in [9.17, 15) is 19.2 Å². The second-order valence-electron chi connectivity index (χ2n) is 5.68. The third-order valence-electron chi connectivity index (χ3n) is 3.60. The molecule has 0 spiro atoms. The van der Waals surface area contributed by atoms with Gasteiger partial charge in [0.1, 0.15) is 11.6 Å². The van der Waals surface area contributed by atoms with Crippen molar-refractivity contribution < 1.29 is 33.4 Å². The highest BCUT2D eigenvalue weighted by Gasteiger charge is 2.32. The van der Waals surface area contributed by atoms with Crippen LogP contribution in [0.1, 0.15) is 38.4 Å². The van der Waals surface area contributed by atoms with Gasteiger partial charge in [-0.15, -0.1) is 11.3 Å². The number of hydrogen-bond donors (Lipinski definition) is 2. The first kappa shape index (κ1) is 19.9. The summed E-state index contributed by atoms with van der Waals surface area (Å²) in [6, 6.07) is 0. The summed E-state index contributed by atoms with van der Waals surface area (Å²) >= 11 is 0.864. The fourth-order valence-electron chi connectivity index (χ4n) is 2.11. The Labute approximate surface area is 153 Å². The molecule has 0 saturated heterocycles. The Bertz CT molecular complexity index is 724. The van der Waals surface area contributed by atoms with Gasteiger partial charge in [-0.1, -0.05) is 0 Å². The fourth-order valence-corrected chi connectivity index (χ4v) is 3.17. The molecule has 1 aliphatic rings. The predicted octanol–water partition coefficient (Wildman–Crippen LogP) is 0.850. The molecule has 0 atom stereocenters. The molecule has 0 bridgehead atoms. The van der Waals surface area contributed by atoms with Crippen LogP contribution in [0, 0.1) is 12.8 Å². The number of thiophene rings is 1. The lowest BCUT2D eigenvalue weighted by molar-refractivity contribution is -0.148. The van der Waals surface area contributed by atoms with Crippen LogP contribution in [0.25, 0.3) is 0 Å². The summed E-state index contributed by atoms with van der Waals surface area (Å²) < 4.78 is 14.8. The Kier molecular flexibility index (Phi) is 6.70. The van der Waals surface area contributed by atoms with Gasteiger partial charge in [-0.3, -0.25) is 14.4 Å². The summed E-state index contributed by atoms with van der Waals surface area (Å²) in [6.45, 7) is 1.28. The molecule has 2 amide bonds. The van der Waals surface area contributed by atoms with Crippen molar-refractivity contribution >= 4 is 40.1 Å². The van der Waals surface area contributed by atoms with Crippen molar-refractivity contribution in [2.24, 2.45) is 11.7 Å². The molecule has 1 aromatic heterocycles. The van der Waals surface area contributed by atoms with Gasteiger partial charge in [0.2, 0.25) is 0 Å². The van der Waals surface area contributed by atoms with Crippen LogP contribution in [0.15, 0.2) is 0 Å². The van der Waals surface area contributed by atoms with E-state index in [0.717, 1.165) is 24.2 Å². The van der Waals surface area contributed by atoms with Gasteiger partial charge < -0.3 is 25.3 Å². The highest BCUT2D eigenvalue weighted by molar-refractivity contribution is 7.18. The van der Waals surface area contributed by atoms with Crippen LogP contribution >= 0.6 is 11.3 Å². The van der Waals surface area contributed by atoms with E-state index in [2.05, 4.69) is 5.32 Å². The number of carbonyl (C=O) groups is 4. The van der Waals surface area contributed by atoms with Gasteiger partial charge in [-0.25, -0.2) is 4.79 Å². The van der Waals surface area contributed by atoms with Crippen molar-refractivity contribution in [1.29, 1.82) is 0 Å². The van der Waals surface area contributed by atoms with Crippen molar-refractivity contribution in [3.05, 3.63) is 16.0 Å². The Balaban J connectivity index is 2.10. The van der Waals surface area contributed by atoms with Crippen molar-refractivity contribution in [2.75, 3.05) is 32.2 Å². The number of ether oxygens (including phenoxy) is 3. The van der Waals surface area contributed by atoms with E-state index in [1.54, 1.807) is 0 Å². The third-order valence-corrected chi connectivity index (χ3v) is 4.83. The maximum absolute atomic E-state index is 12.3. The largest absolute Gasteiger partial charge is 0.460 e. The van der Waals surface area contributed by atoms with E-state index in [1.165, 1.54) is 14.0 Å². The molecule has 1 aromatic rings. The number of primary amides is 1. The topological polar surface area (TPSA) is 134 Å². The maximum atomic E-state index is 12.3. The Hall–Kier alpha value is -2.46. The molecule has 142 valence electrons. The number of hydrogen-bond acceptors (Lipinski definition) is 8. The molecule has 1 aliphatic carbocycles. The molecule has 1 heterocycles. The fraction of sp³-hybridized carbons (Fsp3) is 0.500. The first-order valence-corrected chi connectivity index (χ1v) is 8.72. The number of anilines is 1. The molecule has 0 radical (unpaired) electrons. The molecular weight excluding hydrogens is 364 g/mol. The van der Waals surface area contributed by atoms with Gasteiger partial charge in [-0.2, -0.15) is 0 Å². The van der Waals surface area contributed by atoms with Gasteiger partial charge in [0.25, 0.3) is 11.8 Å². The van der Waals surface area contributed by atoms with Gasteiger partial charge in [0, 0.05) is 7.11 Å². The number of nitrogens with one attached hydrogen (secondary N) is 1. The quantitative estimate of drug-likeness (QED) is 0.476. The van der Waals surface area contributed by atoms with E-state index in [-0.39, 0.29) is 34.6 Å². The summed E-state index contributed by atoms with van der Waals surface area (Å²) in [6.07, 6.45) is 1.54. The Morgan fingerprint density at radius 1 is 1.19 bits per heavy atom. The molecule has 0 unspecified atom stereocenters. The zero-order valence-electron chi connectivity index (χ0n) is 14.5. The molecule has 0 aromatic carbocycles. The molecule has 1 saturated carbocycles. The van der Waals surface area contributed by atoms with E-state index in [4.69, 9.17) is 19.9 Å². The standard InChI is InChI=1S/C16H20N2O7S/c1-8-11(16(22)24-6-5-23-2)14(26-12(8)13(17)20)18-10(19)7-25-15(21)9-3-4-9/h9H,3-7H2,1-2H3,(H2,17,20)(H,18,19). The van der Waals surface area contributed by atoms with Crippen molar-refractivity contribution in [2.45, 2.75) is 19.8 Å². The monoisotopic (exact) mass is 384 g/mol. The average molecular weight is 384 g/mol. The zero-order chi connectivity index (χ0) is 19.3. The van der Waals surface area contributed by atoms with Crippen LogP contribution in [0.3, 0.4) is 0 Å². The summed E-state index contributed by atoms with van der Waals surface area (Å²) in [5.74, 6) is -2.60. The lowest BCUT2D eigenvalue weighted by Gasteiger charge is -2.08. The van der Waals surface area contributed by atoms with Crippen molar-refractivity contribution in [3.63, 3.8) is 0 Å². The van der Waals surface area contributed by atoms with Crippen LogP contribution in [0.2, 0.25) is 0 Å². The summed E-state index contributed by atoms with van der Waals surface area (Å²) in [4.78, 5) is 47.4. The zero-order valence-corrected chi connectivity index (χ0v) is 15.3. The number of methoxy groups -OCH3 is 1. The number of nitrogens with two attached hydrogens (primary N) is 1. The molecule has 9 nitrogen and oxygen atoms in total. The van der Waals surface area contributed by atoms with E-state index in [1.807, 2.05) is 0 Å².